The highest BCUT2D eigenvalue weighted by molar-refractivity contribution is 6.31. The van der Waals surface area contributed by atoms with Gasteiger partial charge in [-0.3, -0.25) is 14.5 Å². The molecule has 1 amide bonds. The number of rotatable bonds is 3. The van der Waals surface area contributed by atoms with Crippen LogP contribution >= 0.6 is 11.6 Å². The van der Waals surface area contributed by atoms with Gasteiger partial charge in [-0.15, -0.1) is 0 Å². The second kappa shape index (κ2) is 7.53. The minimum Gasteiger partial charge on any atom is -0.294 e. The Hall–Kier alpha value is -2.65. The molecule has 0 bridgehead atoms. The summed E-state index contributed by atoms with van der Waals surface area (Å²) in [4.78, 5) is 27.4. The molecule has 27 heavy (non-hydrogen) atoms. The average Bonchev–Trinajstić information content (AvgIpc) is 2.67. The van der Waals surface area contributed by atoms with Crippen LogP contribution < -0.4 is 4.90 Å². The van der Waals surface area contributed by atoms with E-state index in [1.54, 1.807) is 17.0 Å². The first-order valence-electron chi connectivity index (χ1n) is 9.21. The van der Waals surface area contributed by atoms with Gasteiger partial charge in [0.1, 0.15) is 0 Å². The summed E-state index contributed by atoms with van der Waals surface area (Å²) >= 11 is 6.13. The molecule has 4 rings (SSSR count). The average molecular weight is 378 g/mol. The fourth-order valence-electron chi connectivity index (χ4n) is 3.90. The number of nitrogens with zero attached hydrogens (tertiary/aromatic N) is 1. The normalized spacial score (nSPS) is 20.3. The van der Waals surface area contributed by atoms with Gasteiger partial charge in [-0.1, -0.05) is 60.2 Å². The number of amides is 1. The Kier molecular flexibility index (Phi) is 4.95. The van der Waals surface area contributed by atoms with Gasteiger partial charge in [-0.05, 0) is 36.6 Å². The first kappa shape index (κ1) is 17.7. The number of carbonyl (C=O) groups is 2. The van der Waals surface area contributed by atoms with Gasteiger partial charge in [0.05, 0.1) is 5.69 Å². The highest BCUT2D eigenvalue weighted by Crippen LogP contribution is 2.40. The van der Waals surface area contributed by atoms with Crippen molar-refractivity contribution in [2.45, 2.75) is 25.7 Å². The molecule has 0 saturated carbocycles. The fourth-order valence-corrected chi connectivity index (χ4v) is 4.09. The summed E-state index contributed by atoms with van der Waals surface area (Å²) in [5.41, 5.74) is 3.42. The number of carbonyl (C=O) groups excluding carboxylic acids is 2. The Balaban J connectivity index is 1.75. The van der Waals surface area contributed by atoms with Crippen LogP contribution in [0, 0.1) is 5.92 Å². The number of ketones is 1. The Morgan fingerprint density at radius 1 is 1.00 bits per heavy atom. The molecular weight excluding hydrogens is 358 g/mol. The van der Waals surface area contributed by atoms with Crippen LogP contribution in [-0.2, 0) is 9.59 Å². The van der Waals surface area contributed by atoms with Crippen LogP contribution in [-0.4, -0.2) is 11.7 Å². The lowest BCUT2D eigenvalue weighted by Crippen LogP contribution is -2.40. The largest absolute Gasteiger partial charge is 0.294 e. The molecule has 0 fully saturated rings. The van der Waals surface area contributed by atoms with Crippen molar-refractivity contribution in [3.05, 3.63) is 82.5 Å². The van der Waals surface area contributed by atoms with Crippen molar-refractivity contribution in [3.63, 3.8) is 0 Å². The van der Waals surface area contributed by atoms with Gasteiger partial charge in [0.25, 0.3) is 0 Å². The molecule has 2 aromatic rings. The maximum Gasteiger partial charge on any atom is 0.232 e. The molecule has 1 atom stereocenters. The van der Waals surface area contributed by atoms with Crippen molar-refractivity contribution in [1.82, 2.24) is 0 Å². The van der Waals surface area contributed by atoms with Crippen molar-refractivity contribution < 1.29 is 9.59 Å². The summed E-state index contributed by atoms with van der Waals surface area (Å²) in [6.45, 7) is 0. The third kappa shape index (κ3) is 3.60. The molecule has 3 nitrogen and oxygen atoms in total. The van der Waals surface area contributed by atoms with E-state index in [0.717, 1.165) is 35.4 Å². The van der Waals surface area contributed by atoms with Crippen LogP contribution in [0.3, 0.4) is 0 Å². The molecule has 0 aromatic heterocycles. The minimum atomic E-state index is -0.170. The highest BCUT2D eigenvalue weighted by Gasteiger charge is 2.37. The Bertz CT molecular complexity index is 946. The molecule has 0 N–H and O–H groups in total. The number of hydrogen-bond acceptors (Lipinski definition) is 2. The number of Topliss-reactive ketones (excluding diaryl/α,β-unsaturated/α-hetero) is 1. The van der Waals surface area contributed by atoms with Crippen molar-refractivity contribution in [2.24, 2.45) is 5.92 Å². The molecule has 136 valence electrons. The topological polar surface area (TPSA) is 37.4 Å². The molecule has 2 aromatic carbocycles. The molecule has 0 saturated heterocycles. The molecule has 1 aliphatic carbocycles. The standard InChI is InChI=1S/C23H20ClNO2/c24-18-8-4-9-19(15-18)25-20-10-5-11-21(26)23(20)17(14-22(25)27)13-12-16-6-2-1-3-7-16/h1-4,6-9,12-13,15,17H,5,10-11,14H2/b13-12+. The highest BCUT2D eigenvalue weighted by atomic mass is 35.5. The zero-order valence-corrected chi connectivity index (χ0v) is 15.7. The lowest BCUT2D eigenvalue weighted by atomic mass is 9.80. The zero-order chi connectivity index (χ0) is 18.8. The summed E-state index contributed by atoms with van der Waals surface area (Å²) in [6, 6.07) is 17.2. The van der Waals surface area contributed by atoms with E-state index in [9.17, 15) is 9.59 Å². The number of anilines is 1. The van der Waals surface area contributed by atoms with E-state index >= 15 is 0 Å². The smallest absolute Gasteiger partial charge is 0.232 e. The monoisotopic (exact) mass is 377 g/mol. The van der Waals surface area contributed by atoms with E-state index in [1.807, 2.05) is 54.6 Å². The van der Waals surface area contributed by atoms with Crippen LogP contribution in [0.15, 0.2) is 71.9 Å². The third-order valence-electron chi connectivity index (χ3n) is 5.10. The molecule has 4 heteroatoms. The summed E-state index contributed by atoms with van der Waals surface area (Å²) in [5, 5.41) is 0.579. The first-order valence-corrected chi connectivity index (χ1v) is 9.59. The van der Waals surface area contributed by atoms with Crippen molar-refractivity contribution >= 4 is 35.1 Å². The zero-order valence-electron chi connectivity index (χ0n) is 14.9. The van der Waals surface area contributed by atoms with E-state index in [4.69, 9.17) is 11.6 Å². The fraction of sp³-hybridized carbons (Fsp3) is 0.217. The van der Waals surface area contributed by atoms with E-state index in [1.165, 1.54) is 0 Å². The molecule has 1 unspecified atom stereocenters. The molecule has 0 radical (unpaired) electrons. The van der Waals surface area contributed by atoms with Crippen molar-refractivity contribution in [2.75, 3.05) is 4.90 Å². The number of hydrogen-bond donors (Lipinski definition) is 0. The van der Waals surface area contributed by atoms with Gasteiger partial charge < -0.3 is 0 Å². The SMILES string of the molecule is O=C1CCCC2=C1C(/C=C/c1ccccc1)CC(=O)N2c1cccc(Cl)c1. The van der Waals surface area contributed by atoms with Gasteiger partial charge in [-0.25, -0.2) is 0 Å². The maximum absolute atomic E-state index is 13.0. The van der Waals surface area contributed by atoms with Crippen LogP contribution in [0.25, 0.3) is 6.08 Å². The molecule has 1 aliphatic heterocycles. The van der Waals surface area contributed by atoms with Gasteiger partial charge in [0.15, 0.2) is 5.78 Å². The first-order chi connectivity index (χ1) is 13.1. The van der Waals surface area contributed by atoms with E-state index in [2.05, 4.69) is 0 Å². The summed E-state index contributed by atoms with van der Waals surface area (Å²) < 4.78 is 0. The van der Waals surface area contributed by atoms with Crippen LogP contribution in [0.5, 0.6) is 0 Å². The third-order valence-corrected chi connectivity index (χ3v) is 5.34. The van der Waals surface area contributed by atoms with Gasteiger partial charge >= 0.3 is 0 Å². The predicted molar refractivity (Wildman–Crippen MR) is 108 cm³/mol. The minimum absolute atomic E-state index is 0.00780. The lowest BCUT2D eigenvalue weighted by molar-refractivity contribution is -0.120. The number of allylic oxidation sites excluding steroid dienone is 3. The maximum atomic E-state index is 13.0. The van der Waals surface area contributed by atoms with E-state index < -0.39 is 0 Å². The predicted octanol–water partition coefficient (Wildman–Crippen LogP) is 5.41. The Morgan fingerprint density at radius 3 is 2.59 bits per heavy atom. The summed E-state index contributed by atoms with van der Waals surface area (Å²) in [5.74, 6) is -0.0112. The van der Waals surface area contributed by atoms with Crippen molar-refractivity contribution in [3.8, 4) is 0 Å². The van der Waals surface area contributed by atoms with Crippen LogP contribution in [0.4, 0.5) is 5.69 Å². The quantitative estimate of drug-likeness (QED) is 0.716. The van der Waals surface area contributed by atoms with E-state index in [-0.39, 0.29) is 17.6 Å². The second-order valence-electron chi connectivity index (χ2n) is 6.93. The Labute approximate surface area is 163 Å². The van der Waals surface area contributed by atoms with Crippen LogP contribution in [0.1, 0.15) is 31.2 Å². The number of halogens is 1. The van der Waals surface area contributed by atoms with Crippen molar-refractivity contribution in [1.29, 1.82) is 0 Å². The summed E-state index contributed by atoms with van der Waals surface area (Å²) in [6.07, 6.45) is 6.35. The number of benzene rings is 2. The van der Waals surface area contributed by atoms with E-state index in [0.29, 0.717) is 17.9 Å². The summed E-state index contributed by atoms with van der Waals surface area (Å²) in [7, 11) is 0. The Morgan fingerprint density at radius 2 is 1.81 bits per heavy atom. The van der Waals surface area contributed by atoms with Gasteiger partial charge in [-0.2, -0.15) is 0 Å². The molecule has 0 spiro atoms. The van der Waals surface area contributed by atoms with Gasteiger partial charge in [0, 0.05) is 35.1 Å². The lowest BCUT2D eigenvalue weighted by Gasteiger charge is -2.37. The van der Waals surface area contributed by atoms with Gasteiger partial charge in [0.2, 0.25) is 5.91 Å². The molecule has 1 heterocycles. The second-order valence-corrected chi connectivity index (χ2v) is 7.36. The molecular formula is C23H20ClNO2. The molecule has 2 aliphatic rings. The van der Waals surface area contributed by atoms with Crippen LogP contribution in [0.2, 0.25) is 5.02 Å².